The van der Waals surface area contributed by atoms with Gasteiger partial charge in [0, 0.05) is 18.5 Å². The number of carbonyl (C=O) groups is 2. The van der Waals surface area contributed by atoms with Gasteiger partial charge in [0.05, 0.1) is 25.1 Å². The van der Waals surface area contributed by atoms with E-state index in [4.69, 9.17) is 16.0 Å². The molecule has 1 aromatic carbocycles. The van der Waals surface area contributed by atoms with Crippen molar-refractivity contribution in [2.24, 2.45) is 5.10 Å². The molecule has 136 valence electrons. The first-order chi connectivity index (χ1) is 12.6. The third-order valence-electron chi connectivity index (χ3n) is 4.06. The Morgan fingerprint density at radius 2 is 2.04 bits per heavy atom. The van der Waals surface area contributed by atoms with Crippen LogP contribution in [0.1, 0.15) is 23.8 Å². The van der Waals surface area contributed by atoms with Crippen LogP contribution in [0.3, 0.4) is 0 Å². The monoisotopic (exact) mass is 374 g/mol. The summed E-state index contributed by atoms with van der Waals surface area (Å²) in [5.41, 5.74) is 1.68. The molecule has 0 aliphatic carbocycles. The Hall–Kier alpha value is -2.64. The van der Waals surface area contributed by atoms with Crippen LogP contribution in [0.15, 0.2) is 52.2 Å². The number of hydrogen-bond acceptors (Lipinski definition) is 5. The largest absolute Gasteiger partial charge is 0.467 e. The van der Waals surface area contributed by atoms with Gasteiger partial charge in [-0.15, -0.1) is 0 Å². The van der Waals surface area contributed by atoms with Crippen molar-refractivity contribution in [2.45, 2.75) is 12.5 Å². The number of amides is 2. The number of nitrogens with one attached hydrogen (secondary N) is 2. The van der Waals surface area contributed by atoms with Crippen molar-refractivity contribution in [1.82, 2.24) is 15.6 Å². The van der Waals surface area contributed by atoms with E-state index in [9.17, 15) is 9.59 Å². The first-order valence-corrected chi connectivity index (χ1v) is 8.56. The molecule has 0 bridgehead atoms. The minimum absolute atomic E-state index is 0.00201. The van der Waals surface area contributed by atoms with Crippen LogP contribution >= 0.6 is 11.6 Å². The standard InChI is InChI=1S/C18H19ClN4O3/c1-20-17(24)10-21-11-18(25)23-15(16-3-2-8-26-16)9-14(22-23)12-4-6-13(19)7-5-12/h2-8,15,21H,9-11H2,1H3,(H,20,24)/t15-/m1/s1. The van der Waals surface area contributed by atoms with Crippen LogP contribution in [0.5, 0.6) is 0 Å². The molecule has 2 amide bonds. The Balaban J connectivity index is 1.77. The van der Waals surface area contributed by atoms with Crippen molar-refractivity contribution in [1.29, 1.82) is 0 Å². The highest BCUT2D eigenvalue weighted by atomic mass is 35.5. The fourth-order valence-corrected chi connectivity index (χ4v) is 2.84. The summed E-state index contributed by atoms with van der Waals surface area (Å²) < 4.78 is 5.49. The molecule has 1 aliphatic rings. The van der Waals surface area contributed by atoms with Gasteiger partial charge in [0.2, 0.25) is 5.91 Å². The van der Waals surface area contributed by atoms with Gasteiger partial charge in [-0.3, -0.25) is 14.9 Å². The molecule has 0 spiro atoms. The summed E-state index contributed by atoms with van der Waals surface area (Å²) in [5.74, 6) is 0.240. The third-order valence-corrected chi connectivity index (χ3v) is 4.31. The SMILES string of the molecule is CNC(=O)CNCC(=O)N1N=C(c2ccc(Cl)cc2)C[C@@H]1c1ccco1. The van der Waals surface area contributed by atoms with E-state index in [-0.39, 0.29) is 30.9 Å². The molecule has 2 N–H and O–H groups in total. The van der Waals surface area contributed by atoms with Gasteiger partial charge >= 0.3 is 0 Å². The molecule has 1 aliphatic heterocycles. The predicted molar refractivity (Wildman–Crippen MR) is 97.8 cm³/mol. The van der Waals surface area contributed by atoms with Crippen molar-refractivity contribution >= 4 is 29.1 Å². The van der Waals surface area contributed by atoms with E-state index in [2.05, 4.69) is 15.7 Å². The third kappa shape index (κ3) is 4.12. The van der Waals surface area contributed by atoms with Gasteiger partial charge in [0.15, 0.2) is 0 Å². The lowest BCUT2D eigenvalue weighted by atomic mass is 10.0. The summed E-state index contributed by atoms with van der Waals surface area (Å²) in [6, 6.07) is 10.6. The quantitative estimate of drug-likeness (QED) is 0.809. The molecule has 0 saturated heterocycles. The summed E-state index contributed by atoms with van der Waals surface area (Å²) in [6.07, 6.45) is 2.11. The number of halogens is 1. The number of benzene rings is 1. The van der Waals surface area contributed by atoms with E-state index in [0.717, 1.165) is 11.3 Å². The molecule has 7 nitrogen and oxygen atoms in total. The van der Waals surface area contributed by atoms with E-state index >= 15 is 0 Å². The second kappa shape index (κ2) is 8.16. The number of nitrogens with zero attached hydrogens (tertiary/aromatic N) is 2. The molecule has 0 fully saturated rings. The van der Waals surface area contributed by atoms with Crippen molar-refractivity contribution < 1.29 is 14.0 Å². The molecular weight excluding hydrogens is 356 g/mol. The number of rotatable bonds is 6. The van der Waals surface area contributed by atoms with Gasteiger partial charge in [0.25, 0.3) is 5.91 Å². The maximum Gasteiger partial charge on any atom is 0.257 e. The molecule has 2 heterocycles. The Labute approximate surface area is 156 Å². The smallest absolute Gasteiger partial charge is 0.257 e. The highest BCUT2D eigenvalue weighted by molar-refractivity contribution is 6.30. The number of carbonyl (C=O) groups excluding carboxylic acids is 2. The van der Waals surface area contributed by atoms with Crippen LogP contribution in [-0.4, -0.2) is 42.7 Å². The first kappa shape index (κ1) is 18.2. The van der Waals surface area contributed by atoms with Gasteiger partial charge in [-0.2, -0.15) is 5.10 Å². The zero-order chi connectivity index (χ0) is 18.5. The number of likely N-dealkylation sites (N-methyl/N-ethyl adjacent to an activating group) is 1. The normalized spacial score (nSPS) is 16.5. The first-order valence-electron chi connectivity index (χ1n) is 8.18. The molecule has 2 aromatic rings. The lowest BCUT2D eigenvalue weighted by Crippen LogP contribution is -2.39. The molecule has 26 heavy (non-hydrogen) atoms. The van der Waals surface area contributed by atoms with Gasteiger partial charge in [-0.1, -0.05) is 23.7 Å². The van der Waals surface area contributed by atoms with Crippen LogP contribution in [0.25, 0.3) is 0 Å². The molecule has 1 aromatic heterocycles. The maximum absolute atomic E-state index is 12.6. The number of hydrazone groups is 1. The zero-order valence-electron chi connectivity index (χ0n) is 14.2. The highest BCUT2D eigenvalue weighted by Crippen LogP contribution is 2.33. The second-order valence-corrected chi connectivity index (χ2v) is 6.24. The van der Waals surface area contributed by atoms with E-state index in [1.54, 1.807) is 31.5 Å². The summed E-state index contributed by atoms with van der Waals surface area (Å²) in [4.78, 5) is 23.9. The minimum atomic E-state index is -0.315. The molecular formula is C18H19ClN4O3. The Morgan fingerprint density at radius 1 is 1.27 bits per heavy atom. The molecule has 3 rings (SSSR count). The summed E-state index contributed by atoms with van der Waals surface area (Å²) >= 11 is 5.94. The summed E-state index contributed by atoms with van der Waals surface area (Å²) in [6.45, 7) is 0.0667. The average Bonchev–Trinajstić information content (AvgIpc) is 3.31. The molecule has 0 unspecified atom stereocenters. The lowest BCUT2D eigenvalue weighted by molar-refractivity contribution is -0.132. The van der Waals surface area contributed by atoms with Crippen molar-refractivity contribution in [2.75, 3.05) is 20.1 Å². The van der Waals surface area contributed by atoms with E-state index < -0.39 is 0 Å². The van der Waals surface area contributed by atoms with Crippen LogP contribution in [0.4, 0.5) is 0 Å². The molecule has 0 saturated carbocycles. The average molecular weight is 375 g/mol. The van der Waals surface area contributed by atoms with Gasteiger partial charge in [-0.25, -0.2) is 5.01 Å². The van der Waals surface area contributed by atoms with Gasteiger partial charge < -0.3 is 9.73 Å². The summed E-state index contributed by atoms with van der Waals surface area (Å²) in [7, 11) is 1.54. The Kier molecular flexibility index (Phi) is 5.70. The topological polar surface area (TPSA) is 86.9 Å². The highest BCUT2D eigenvalue weighted by Gasteiger charge is 2.34. The summed E-state index contributed by atoms with van der Waals surface area (Å²) in [5, 5.41) is 11.9. The van der Waals surface area contributed by atoms with Crippen LogP contribution in [0, 0.1) is 0 Å². The minimum Gasteiger partial charge on any atom is -0.467 e. The Morgan fingerprint density at radius 3 is 2.69 bits per heavy atom. The number of hydrogen-bond donors (Lipinski definition) is 2. The van der Waals surface area contributed by atoms with E-state index in [0.29, 0.717) is 17.2 Å². The lowest BCUT2D eigenvalue weighted by Gasteiger charge is -2.20. The second-order valence-electron chi connectivity index (χ2n) is 5.80. The molecule has 1 atom stereocenters. The Bertz CT molecular complexity index is 802. The van der Waals surface area contributed by atoms with Crippen molar-refractivity contribution in [3.05, 3.63) is 59.0 Å². The van der Waals surface area contributed by atoms with E-state index in [1.807, 2.05) is 18.2 Å². The van der Waals surface area contributed by atoms with Crippen molar-refractivity contribution in [3.63, 3.8) is 0 Å². The van der Waals surface area contributed by atoms with Gasteiger partial charge in [-0.05, 0) is 29.8 Å². The molecule has 0 radical (unpaired) electrons. The molecule has 8 heteroatoms. The zero-order valence-corrected chi connectivity index (χ0v) is 15.0. The maximum atomic E-state index is 12.6. The van der Waals surface area contributed by atoms with Crippen LogP contribution in [-0.2, 0) is 9.59 Å². The number of furan rings is 1. The van der Waals surface area contributed by atoms with Crippen molar-refractivity contribution in [3.8, 4) is 0 Å². The fraction of sp³-hybridized carbons (Fsp3) is 0.278. The van der Waals surface area contributed by atoms with Gasteiger partial charge in [0.1, 0.15) is 11.8 Å². The fourth-order valence-electron chi connectivity index (χ4n) is 2.71. The van der Waals surface area contributed by atoms with Crippen LogP contribution < -0.4 is 10.6 Å². The van der Waals surface area contributed by atoms with Crippen LogP contribution in [0.2, 0.25) is 5.02 Å². The predicted octanol–water partition coefficient (Wildman–Crippen LogP) is 1.95. The van der Waals surface area contributed by atoms with E-state index in [1.165, 1.54) is 5.01 Å².